The second-order valence-electron chi connectivity index (χ2n) is 3.65. The van der Waals surface area contributed by atoms with Crippen LogP contribution in [0.5, 0.6) is 0 Å². The Morgan fingerprint density at radius 3 is 2.26 bits per heavy atom. The van der Waals surface area contributed by atoms with E-state index in [1.165, 1.54) is 0 Å². The lowest BCUT2D eigenvalue weighted by molar-refractivity contribution is -0.137. The average Bonchev–Trinajstić information content (AvgIpc) is 2.34. The van der Waals surface area contributed by atoms with Crippen molar-refractivity contribution in [3.05, 3.63) is 40.3 Å². The first-order valence-corrected chi connectivity index (χ1v) is 6.83. The molecule has 0 saturated carbocycles. The molecule has 0 radical (unpaired) electrons. The molecule has 9 heteroatoms. The van der Waals surface area contributed by atoms with Crippen LogP contribution in [0.3, 0.4) is 0 Å². The number of halogens is 3. The van der Waals surface area contributed by atoms with Gasteiger partial charge in [-0.3, -0.25) is 0 Å². The summed E-state index contributed by atoms with van der Waals surface area (Å²) in [6.45, 7) is 0.0242. The van der Waals surface area contributed by atoms with Gasteiger partial charge in [-0.25, -0.2) is 8.42 Å². The maximum atomic E-state index is 12.3. The summed E-state index contributed by atoms with van der Waals surface area (Å²) in [5.74, 6) is -0.280. The molecule has 1 aromatic carbocycles. The standard InChI is InChI=1S/C10H10F3N3O2S/c11-10(12,13)8-2-4-9(5-3-8)19(17,18)7-1-6-15-16-14/h2-5H,1,6-7H2. The van der Waals surface area contributed by atoms with Crippen molar-refractivity contribution in [2.45, 2.75) is 17.5 Å². The summed E-state index contributed by atoms with van der Waals surface area (Å²) >= 11 is 0. The summed E-state index contributed by atoms with van der Waals surface area (Å²) < 4.78 is 60.4. The van der Waals surface area contributed by atoms with Crippen LogP contribution in [0.1, 0.15) is 12.0 Å². The number of azide groups is 1. The molecule has 0 saturated heterocycles. The lowest BCUT2D eigenvalue weighted by Gasteiger charge is -2.08. The third kappa shape index (κ3) is 4.46. The second-order valence-corrected chi connectivity index (χ2v) is 5.76. The highest BCUT2D eigenvalue weighted by molar-refractivity contribution is 7.91. The van der Waals surface area contributed by atoms with Crippen molar-refractivity contribution in [3.8, 4) is 0 Å². The van der Waals surface area contributed by atoms with Crippen molar-refractivity contribution in [1.82, 2.24) is 0 Å². The van der Waals surface area contributed by atoms with E-state index in [4.69, 9.17) is 5.53 Å². The van der Waals surface area contributed by atoms with E-state index in [-0.39, 0.29) is 23.6 Å². The van der Waals surface area contributed by atoms with Crippen molar-refractivity contribution < 1.29 is 21.6 Å². The molecule has 0 aromatic heterocycles. The molecule has 5 nitrogen and oxygen atoms in total. The Hall–Kier alpha value is -1.73. The summed E-state index contributed by atoms with van der Waals surface area (Å²) in [6, 6.07) is 3.29. The Bertz CT molecular complexity index is 575. The van der Waals surface area contributed by atoms with Crippen LogP contribution in [-0.4, -0.2) is 20.7 Å². The van der Waals surface area contributed by atoms with Gasteiger partial charge < -0.3 is 0 Å². The zero-order valence-corrected chi connectivity index (χ0v) is 10.4. The Kier molecular flexibility index (Phi) is 4.79. The Morgan fingerprint density at radius 1 is 1.21 bits per heavy atom. The summed E-state index contributed by atoms with van der Waals surface area (Å²) in [4.78, 5) is 2.29. The number of alkyl halides is 3. The van der Waals surface area contributed by atoms with E-state index in [0.717, 1.165) is 24.3 Å². The number of hydrogen-bond acceptors (Lipinski definition) is 3. The zero-order valence-electron chi connectivity index (χ0n) is 9.63. The minimum absolute atomic E-state index is 0.0242. The van der Waals surface area contributed by atoms with Crippen LogP contribution in [-0.2, 0) is 16.0 Å². The first kappa shape index (κ1) is 15.3. The first-order chi connectivity index (χ1) is 8.77. The van der Waals surface area contributed by atoms with Gasteiger partial charge in [0.05, 0.1) is 16.2 Å². The topological polar surface area (TPSA) is 82.9 Å². The van der Waals surface area contributed by atoms with Crippen LogP contribution < -0.4 is 0 Å². The maximum absolute atomic E-state index is 12.3. The predicted molar refractivity (Wildman–Crippen MR) is 62.1 cm³/mol. The van der Waals surface area contributed by atoms with Crippen LogP contribution in [0.4, 0.5) is 13.2 Å². The molecule has 0 bridgehead atoms. The van der Waals surface area contributed by atoms with Gasteiger partial charge in [0.2, 0.25) is 0 Å². The quantitative estimate of drug-likeness (QED) is 0.361. The van der Waals surface area contributed by atoms with Gasteiger partial charge >= 0.3 is 6.18 Å². The lowest BCUT2D eigenvalue weighted by atomic mass is 10.2. The van der Waals surface area contributed by atoms with Gasteiger partial charge in [0.25, 0.3) is 0 Å². The van der Waals surface area contributed by atoms with Crippen molar-refractivity contribution in [2.75, 3.05) is 12.3 Å². The van der Waals surface area contributed by atoms with Gasteiger partial charge in [-0.05, 0) is 36.2 Å². The van der Waals surface area contributed by atoms with Crippen LogP contribution in [0, 0.1) is 0 Å². The zero-order chi connectivity index (χ0) is 14.5. The summed E-state index contributed by atoms with van der Waals surface area (Å²) in [7, 11) is -3.65. The molecule has 1 aromatic rings. The van der Waals surface area contributed by atoms with Crippen molar-refractivity contribution >= 4 is 9.84 Å². The molecule has 0 fully saturated rings. The number of nitrogens with zero attached hydrogens (tertiary/aromatic N) is 3. The lowest BCUT2D eigenvalue weighted by Crippen LogP contribution is -2.09. The molecule has 104 valence electrons. The molecule has 0 N–H and O–H groups in total. The Balaban J connectivity index is 2.82. The third-order valence-electron chi connectivity index (χ3n) is 2.28. The molecule has 0 spiro atoms. The highest BCUT2D eigenvalue weighted by Crippen LogP contribution is 2.29. The molecule has 0 aliphatic heterocycles. The fourth-order valence-corrected chi connectivity index (χ4v) is 2.63. The number of benzene rings is 1. The van der Waals surface area contributed by atoms with Gasteiger partial charge in [-0.2, -0.15) is 13.2 Å². The fraction of sp³-hybridized carbons (Fsp3) is 0.400. The van der Waals surface area contributed by atoms with Gasteiger partial charge in [-0.15, -0.1) is 0 Å². The van der Waals surface area contributed by atoms with E-state index in [1.54, 1.807) is 0 Å². The molecule has 0 amide bonds. The van der Waals surface area contributed by atoms with Gasteiger partial charge in [0.15, 0.2) is 9.84 Å². The molecule has 0 aliphatic rings. The molecule has 1 rings (SSSR count). The number of rotatable bonds is 5. The van der Waals surface area contributed by atoms with E-state index >= 15 is 0 Å². The van der Waals surface area contributed by atoms with Crippen LogP contribution in [0.2, 0.25) is 0 Å². The SMILES string of the molecule is [N-]=[N+]=NCCCS(=O)(=O)c1ccc(C(F)(F)F)cc1. The maximum Gasteiger partial charge on any atom is 0.416 e. The average molecular weight is 293 g/mol. The molecule has 19 heavy (non-hydrogen) atoms. The van der Waals surface area contributed by atoms with Crippen molar-refractivity contribution in [3.63, 3.8) is 0 Å². The largest absolute Gasteiger partial charge is 0.416 e. The highest BCUT2D eigenvalue weighted by atomic mass is 32.2. The van der Waals surface area contributed by atoms with Gasteiger partial charge in [-0.1, -0.05) is 5.11 Å². The Morgan fingerprint density at radius 2 is 1.79 bits per heavy atom. The van der Waals surface area contributed by atoms with E-state index in [0.29, 0.717) is 0 Å². The number of hydrogen-bond donors (Lipinski definition) is 0. The van der Waals surface area contributed by atoms with Crippen LogP contribution >= 0.6 is 0 Å². The van der Waals surface area contributed by atoms with Crippen LogP contribution in [0.25, 0.3) is 10.4 Å². The van der Waals surface area contributed by atoms with Crippen molar-refractivity contribution in [2.24, 2.45) is 5.11 Å². The first-order valence-electron chi connectivity index (χ1n) is 5.18. The third-order valence-corrected chi connectivity index (χ3v) is 4.09. The molecule has 0 aliphatic carbocycles. The molecule has 0 atom stereocenters. The summed E-state index contributed by atoms with van der Waals surface area (Å²) in [5, 5.41) is 3.18. The highest BCUT2D eigenvalue weighted by Gasteiger charge is 2.30. The normalized spacial score (nSPS) is 11.9. The summed E-state index contributed by atoms with van der Waals surface area (Å²) in [6.07, 6.45) is -4.38. The monoisotopic (exact) mass is 293 g/mol. The second kappa shape index (κ2) is 5.94. The molecular formula is C10H10F3N3O2S. The number of sulfone groups is 1. The fourth-order valence-electron chi connectivity index (χ4n) is 1.34. The summed E-state index contributed by atoms with van der Waals surface area (Å²) in [5.41, 5.74) is 7.12. The minimum Gasteiger partial charge on any atom is -0.224 e. The van der Waals surface area contributed by atoms with Gasteiger partial charge in [0, 0.05) is 11.5 Å². The Labute approximate surface area is 107 Å². The van der Waals surface area contributed by atoms with Crippen molar-refractivity contribution in [1.29, 1.82) is 0 Å². The van der Waals surface area contributed by atoms with E-state index in [2.05, 4.69) is 10.0 Å². The van der Waals surface area contributed by atoms with E-state index < -0.39 is 21.6 Å². The minimum atomic E-state index is -4.50. The smallest absolute Gasteiger partial charge is 0.224 e. The molecular weight excluding hydrogens is 283 g/mol. The van der Waals surface area contributed by atoms with Crippen LogP contribution in [0.15, 0.2) is 34.3 Å². The van der Waals surface area contributed by atoms with E-state index in [9.17, 15) is 21.6 Å². The van der Waals surface area contributed by atoms with Gasteiger partial charge in [0.1, 0.15) is 0 Å². The van der Waals surface area contributed by atoms with E-state index in [1.807, 2.05) is 0 Å². The molecule has 0 unspecified atom stereocenters. The predicted octanol–water partition coefficient (Wildman–Crippen LogP) is 3.18. The molecule has 0 heterocycles.